The SMILES string of the molecule is CCC1CCNCC1.CCCCC(CCC)c1ccc(N(C=O)C(C=O)CCC(=O)NC)c(N(C)C)c1. The van der Waals surface area contributed by atoms with Gasteiger partial charge in [-0.3, -0.25) is 9.59 Å². The molecule has 0 aromatic heterocycles. The molecule has 1 heterocycles. The molecular weight excluding hydrogens is 464 g/mol. The van der Waals surface area contributed by atoms with Crippen LogP contribution < -0.4 is 20.4 Å². The molecule has 2 atom stereocenters. The van der Waals surface area contributed by atoms with Gasteiger partial charge in [0, 0.05) is 27.6 Å². The topological polar surface area (TPSA) is 81.8 Å². The Labute approximate surface area is 225 Å². The van der Waals surface area contributed by atoms with Crippen molar-refractivity contribution in [3.8, 4) is 0 Å². The summed E-state index contributed by atoms with van der Waals surface area (Å²) in [4.78, 5) is 38.6. The molecule has 7 heteroatoms. The summed E-state index contributed by atoms with van der Waals surface area (Å²) in [6.07, 6.45) is 11.8. The Balaban J connectivity index is 0.000000722. The number of benzene rings is 1. The van der Waals surface area contributed by atoms with Crippen molar-refractivity contribution < 1.29 is 14.4 Å². The van der Waals surface area contributed by atoms with E-state index >= 15 is 0 Å². The van der Waals surface area contributed by atoms with Crippen LogP contribution in [-0.4, -0.2) is 58.9 Å². The first-order valence-electron chi connectivity index (χ1n) is 14.3. The zero-order chi connectivity index (χ0) is 27.6. The second kappa shape index (κ2) is 18.8. The number of amides is 2. The molecule has 1 fully saturated rings. The van der Waals surface area contributed by atoms with Crippen LogP contribution in [0.3, 0.4) is 0 Å². The van der Waals surface area contributed by atoms with E-state index in [1.165, 1.54) is 55.7 Å². The lowest BCUT2D eigenvalue weighted by atomic mass is 9.89. The Kier molecular flexibility index (Phi) is 16.6. The molecule has 37 heavy (non-hydrogen) atoms. The van der Waals surface area contributed by atoms with Crippen LogP contribution in [-0.2, 0) is 14.4 Å². The Morgan fingerprint density at radius 3 is 2.24 bits per heavy atom. The van der Waals surface area contributed by atoms with Crippen LogP contribution in [0, 0.1) is 5.92 Å². The van der Waals surface area contributed by atoms with Gasteiger partial charge in [0.25, 0.3) is 0 Å². The van der Waals surface area contributed by atoms with Crippen molar-refractivity contribution in [1.82, 2.24) is 10.6 Å². The van der Waals surface area contributed by atoms with E-state index < -0.39 is 6.04 Å². The Bertz CT molecular complexity index is 793. The molecular formula is C30H52N4O3. The van der Waals surface area contributed by atoms with E-state index in [-0.39, 0.29) is 18.7 Å². The summed E-state index contributed by atoms with van der Waals surface area (Å²) in [5.41, 5.74) is 2.86. The molecule has 1 aliphatic heterocycles. The quantitative estimate of drug-likeness (QED) is 0.310. The zero-order valence-electron chi connectivity index (χ0n) is 24.2. The number of anilines is 2. The number of carbonyl (C=O) groups excluding carboxylic acids is 3. The van der Waals surface area contributed by atoms with Crippen molar-refractivity contribution in [2.75, 3.05) is 44.0 Å². The highest BCUT2D eigenvalue weighted by Gasteiger charge is 2.23. The number of carbonyl (C=O) groups is 3. The van der Waals surface area contributed by atoms with Crippen molar-refractivity contribution in [2.24, 2.45) is 5.92 Å². The maximum Gasteiger partial charge on any atom is 0.219 e. The van der Waals surface area contributed by atoms with Gasteiger partial charge in [0.05, 0.1) is 17.4 Å². The van der Waals surface area contributed by atoms with Crippen molar-refractivity contribution in [1.29, 1.82) is 0 Å². The van der Waals surface area contributed by atoms with E-state index in [0.717, 1.165) is 37.2 Å². The van der Waals surface area contributed by atoms with Crippen LogP contribution in [0.1, 0.15) is 96.5 Å². The van der Waals surface area contributed by atoms with E-state index in [9.17, 15) is 14.4 Å². The van der Waals surface area contributed by atoms with E-state index in [2.05, 4.69) is 43.5 Å². The molecule has 0 saturated carbocycles. The number of unbranched alkanes of at least 4 members (excludes halogenated alkanes) is 1. The van der Waals surface area contributed by atoms with Crippen molar-refractivity contribution in [3.05, 3.63) is 23.8 Å². The van der Waals surface area contributed by atoms with Crippen LogP contribution >= 0.6 is 0 Å². The average Bonchev–Trinajstić information content (AvgIpc) is 2.93. The summed E-state index contributed by atoms with van der Waals surface area (Å²) < 4.78 is 0. The number of nitrogens with zero attached hydrogens (tertiary/aromatic N) is 2. The van der Waals surface area contributed by atoms with E-state index in [1.54, 1.807) is 7.05 Å². The highest BCUT2D eigenvalue weighted by Crippen LogP contribution is 2.35. The predicted octanol–water partition coefficient (Wildman–Crippen LogP) is 5.28. The summed E-state index contributed by atoms with van der Waals surface area (Å²) >= 11 is 0. The first-order chi connectivity index (χ1) is 17.9. The molecule has 1 aromatic rings. The fraction of sp³-hybridized carbons (Fsp3) is 0.700. The molecule has 7 nitrogen and oxygen atoms in total. The third-order valence-corrected chi connectivity index (χ3v) is 7.38. The van der Waals surface area contributed by atoms with Crippen LogP contribution in [0.5, 0.6) is 0 Å². The molecule has 210 valence electrons. The van der Waals surface area contributed by atoms with Gasteiger partial charge in [0.1, 0.15) is 6.29 Å². The molecule has 2 rings (SSSR count). The molecule has 1 aromatic carbocycles. The van der Waals surface area contributed by atoms with Gasteiger partial charge in [-0.05, 0) is 74.7 Å². The van der Waals surface area contributed by atoms with Gasteiger partial charge in [-0.25, -0.2) is 0 Å². The third kappa shape index (κ3) is 11.2. The van der Waals surface area contributed by atoms with Crippen molar-refractivity contribution in [3.63, 3.8) is 0 Å². The minimum Gasteiger partial charge on any atom is -0.376 e. The highest BCUT2D eigenvalue weighted by atomic mass is 16.2. The van der Waals surface area contributed by atoms with Crippen LogP contribution in [0.4, 0.5) is 11.4 Å². The Morgan fingerprint density at radius 2 is 1.76 bits per heavy atom. The summed E-state index contributed by atoms with van der Waals surface area (Å²) in [5, 5.41) is 5.90. The van der Waals surface area contributed by atoms with Crippen LogP contribution in [0.2, 0.25) is 0 Å². The van der Waals surface area contributed by atoms with E-state index in [0.29, 0.717) is 18.0 Å². The Hall–Kier alpha value is -2.41. The van der Waals surface area contributed by atoms with Gasteiger partial charge in [0.2, 0.25) is 12.3 Å². The molecule has 2 unspecified atom stereocenters. The minimum atomic E-state index is -0.680. The Morgan fingerprint density at radius 1 is 1.05 bits per heavy atom. The number of hydrogen-bond donors (Lipinski definition) is 2. The molecule has 0 spiro atoms. The summed E-state index contributed by atoms with van der Waals surface area (Å²) in [6, 6.07) is 5.47. The van der Waals surface area contributed by atoms with Gasteiger partial charge in [0.15, 0.2) is 0 Å². The largest absolute Gasteiger partial charge is 0.376 e. The summed E-state index contributed by atoms with van der Waals surface area (Å²) in [5.74, 6) is 1.37. The summed E-state index contributed by atoms with van der Waals surface area (Å²) in [6.45, 7) is 9.19. The van der Waals surface area contributed by atoms with Crippen LogP contribution in [0.25, 0.3) is 0 Å². The smallest absolute Gasteiger partial charge is 0.219 e. The van der Waals surface area contributed by atoms with Crippen LogP contribution in [0.15, 0.2) is 18.2 Å². The van der Waals surface area contributed by atoms with Crippen molar-refractivity contribution >= 4 is 30.0 Å². The molecule has 0 aliphatic carbocycles. The second-order valence-electron chi connectivity index (χ2n) is 10.3. The predicted molar refractivity (Wildman–Crippen MR) is 156 cm³/mol. The number of rotatable bonds is 15. The fourth-order valence-corrected chi connectivity index (χ4v) is 4.93. The lowest BCUT2D eigenvalue weighted by Crippen LogP contribution is -2.37. The first kappa shape index (κ1) is 32.6. The molecule has 1 aliphatic rings. The third-order valence-electron chi connectivity index (χ3n) is 7.38. The first-order valence-corrected chi connectivity index (χ1v) is 14.3. The number of piperidine rings is 1. The number of hydrogen-bond acceptors (Lipinski definition) is 5. The zero-order valence-corrected chi connectivity index (χ0v) is 24.2. The van der Waals surface area contributed by atoms with Gasteiger partial charge in [-0.1, -0.05) is 52.5 Å². The van der Waals surface area contributed by atoms with E-state index in [4.69, 9.17) is 0 Å². The normalized spacial score (nSPS) is 15.1. The van der Waals surface area contributed by atoms with Gasteiger partial charge in [-0.2, -0.15) is 0 Å². The second-order valence-corrected chi connectivity index (χ2v) is 10.3. The van der Waals surface area contributed by atoms with Gasteiger partial charge < -0.3 is 25.2 Å². The highest BCUT2D eigenvalue weighted by molar-refractivity contribution is 5.89. The lowest BCUT2D eigenvalue weighted by Gasteiger charge is -2.30. The monoisotopic (exact) mass is 516 g/mol. The maximum absolute atomic E-state index is 11.9. The fourth-order valence-electron chi connectivity index (χ4n) is 4.93. The lowest BCUT2D eigenvalue weighted by molar-refractivity contribution is -0.121. The standard InChI is InChI=1S/C23H37N3O3.C7H15N/c1-6-8-10-18(9-7-2)19-11-13-21(22(15-19)25(4)5)26(17-28)20(16-27)12-14-23(29)24-3;1-2-7-3-5-8-6-4-7/h11,13,15-18,20H,6-10,12,14H2,1-5H3,(H,24,29);7-8H,2-6H2,1H3. The molecule has 2 amide bonds. The average molecular weight is 517 g/mol. The molecule has 0 radical (unpaired) electrons. The number of nitrogens with one attached hydrogen (secondary N) is 2. The molecule has 1 saturated heterocycles. The molecule has 2 N–H and O–H groups in total. The summed E-state index contributed by atoms with van der Waals surface area (Å²) in [7, 11) is 5.43. The van der Waals surface area contributed by atoms with Crippen molar-refractivity contribution in [2.45, 2.75) is 96.9 Å². The minimum absolute atomic E-state index is 0.149. The van der Waals surface area contributed by atoms with Gasteiger partial charge in [-0.15, -0.1) is 0 Å². The number of aldehydes is 1. The molecule has 0 bridgehead atoms. The van der Waals surface area contributed by atoms with E-state index in [1.807, 2.05) is 25.1 Å². The maximum atomic E-state index is 11.9. The van der Waals surface area contributed by atoms with Gasteiger partial charge >= 0.3 is 0 Å².